The molecule has 0 aliphatic rings. The van der Waals surface area contributed by atoms with E-state index in [4.69, 9.17) is 0 Å². The number of hydrogen-bond donors (Lipinski definition) is 2. The summed E-state index contributed by atoms with van der Waals surface area (Å²) in [6.07, 6.45) is 0. The summed E-state index contributed by atoms with van der Waals surface area (Å²) in [4.78, 5) is 10.1. The molecular formula is C11H15FN2O3. The Hall–Kier alpha value is -1.69. The van der Waals surface area contributed by atoms with E-state index in [1.54, 1.807) is 13.8 Å². The number of anilines is 1. The highest BCUT2D eigenvalue weighted by atomic mass is 19.1. The molecule has 0 aliphatic heterocycles. The first kappa shape index (κ1) is 13.4. The van der Waals surface area contributed by atoms with Crippen molar-refractivity contribution in [2.45, 2.75) is 26.4 Å². The molecule has 1 aromatic carbocycles. The molecule has 0 unspecified atom stereocenters. The molecule has 94 valence electrons. The van der Waals surface area contributed by atoms with Crippen molar-refractivity contribution in [2.75, 3.05) is 11.9 Å². The second-order valence-corrected chi connectivity index (χ2v) is 4.54. The van der Waals surface area contributed by atoms with Crippen LogP contribution in [-0.2, 0) is 0 Å². The van der Waals surface area contributed by atoms with Crippen molar-refractivity contribution in [3.63, 3.8) is 0 Å². The quantitative estimate of drug-likeness (QED) is 0.627. The van der Waals surface area contributed by atoms with Gasteiger partial charge in [-0.3, -0.25) is 10.1 Å². The zero-order valence-corrected chi connectivity index (χ0v) is 9.95. The Morgan fingerprint density at radius 3 is 2.59 bits per heavy atom. The van der Waals surface area contributed by atoms with E-state index in [0.29, 0.717) is 5.56 Å². The fourth-order valence-electron chi connectivity index (χ4n) is 1.28. The van der Waals surface area contributed by atoms with Gasteiger partial charge in [0.05, 0.1) is 16.6 Å². The van der Waals surface area contributed by atoms with Gasteiger partial charge in [-0.25, -0.2) is 4.39 Å². The SMILES string of the molecule is Cc1cc(NCC(C)(C)O)c([N+](=O)[O-])cc1F. The van der Waals surface area contributed by atoms with Gasteiger partial charge >= 0.3 is 0 Å². The lowest BCUT2D eigenvalue weighted by Crippen LogP contribution is -2.29. The van der Waals surface area contributed by atoms with E-state index in [1.165, 1.54) is 13.0 Å². The predicted molar refractivity (Wildman–Crippen MR) is 62.6 cm³/mol. The lowest BCUT2D eigenvalue weighted by atomic mass is 10.1. The Kier molecular flexibility index (Phi) is 3.67. The molecule has 0 saturated carbocycles. The smallest absolute Gasteiger partial charge is 0.295 e. The molecule has 0 aromatic heterocycles. The van der Waals surface area contributed by atoms with Crippen molar-refractivity contribution < 1.29 is 14.4 Å². The van der Waals surface area contributed by atoms with Gasteiger partial charge in [-0.05, 0) is 32.4 Å². The van der Waals surface area contributed by atoms with Crippen molar-refractivity contribution in [1.82, 2.24) is 0 Å². The van der Waals surface area contributed by atoms with E-state index >= 15 is 0 Å². The van der Waals surface area contributed by atoms with Crippen LogP contribution in [-0.4, -0.2) is 22.2 Å². The zero-order valence-electron chi connectivity index (χ0n) is 9.95. The third-order valence-electron chi connectivity index (χ3n) is 2.19. The molecular weight excluding hydrogens is 227 g/mol. The number of rotatable bonds is 4. The van der Waals surface area contributed by atoms with Gasteiger partial charge < -0.3 is 10.4 Å². The molecule has 0 aliphatic carbocycles. The number of nitro groups is 1. The Morgan fingerprint density at radius 1 is 1.53 bits per heavy atom. The van der Waals surface area contributed by atoms with Crippen LogP contribution in [0.3, 0.4) is 0 Å². The van der Waals surface area contributed by atoms with Crippen LogP contribution in [0, 0.1) is 22.9 Å². The Morgan fingerprint density at radius 2 is 2.12 bits per heavy atom. The summed E-state index contributed by atoms with van der Waals surface area (Å²) in [7, 11) is 0. The molecule has 0 bridgehead atoms. The molecule has 0 atom stereocenters. The first-order valence-electron chi connectivity index (χ1n) is 5.11. The Bertz CT molecular complexity index is 441. The maximum absolute atomic E-state index is 13.2. The van der Waals surface area contributed by atoms with Crippen LogP contribution in [0.1, 0.15) is 19.4 Å². The van der Waals surface area contributed by atoms with Crippen molar-refractivity contribution in [3.05, 3.63) is 33.6 Å². The number of benzene rings is 1. The molecule has 17 heavy (non-hydrogen) atoms. The summed E-state index contributed by atoms with van der Waals surface area (Å²) in [5.74, 6) is -0.620. The van der Waals surface area contributed by atoms with Gasteiger partial charge in [0, 0.05) is 6.54 Å². The number of aliphatic hydroxyl groups is 1. The van der Waals surface area contributed by atoms with E-state index in [9.17, 15) is 19.6 Å². The molecule has 5 nitrogen and oxygen atoms in total. The second-order valence-electron chi connectivity index (χ2n) is 4.54. The van der Waals surface area contributed by atoms with Gasteiger partial charge in [0.15, 0.2) is 0 Å². The van der Waals surface area contributed by atoms with E-state index in [1.807, 2.05) is 0 Å². The van der Waals surface area contributed by atoms with Crippen molar-refractivity contribution in [1.29, 1.82) is 0 Å². The van der Waals surface area contributed by atoms with Crippen LogP contribution in [0.15, 0.2) is 12.1 Å². The minimum Gasteiger partial charge on any atom is -0.389 e. The van der Waals surface area contributed by atoms with Crippen LogP contribution < -0.4 is 5.32 Å². The number of aryl methyl sites for hydroxylation is 1. The lowest BCUT2D eigenvalue weighted by molar-refractivity contribution is -0.384. The standard InChI is InChI=1S/C11H15FN2O3/c1-7-4-9(13-6-11(2,3)15)10(14(16)17)5-8(7)12/h4-5,13,15H,6H2,1-3H3. The molecule has 0 heterocycles. The highest BCUT2D eigenvalue weighted by molar-refractivity contribution is 5.63. The summed E-state index contributed by atoms with van der Waals surface area (Å²) in [5, 5.41) is 23.0. The van der Waals surface area contributed by atoms with Crippen molar-refractivity contribution in [3.8, 4) is 0 Å². The first-order valence-corrected chi connectivity index (χ1v) is 5.11. The molecule has 0 amide bonds. The number of nitrogens with one attached hydrogen (secondary N) is 1. The summed E-state index contributed by atoms with van der Waals surface area (Å²) in [6, 6.07) is 2.24. The summed E-state index contributed by atoms with van der Waals surface area (Å²) >= 11 is 0. The summed E-state index contributed by atoms with van der Waals surface area (Å²) < 4.78 is 13.2. The van der Waals surface area contributed by atoms with Gasteiger partial charge in [-0.2, -0.15) is 0 Å². The number of nitrogens with zero attached hydrogens (tertiary/aromatic N) is 1. The van der Waals surface area contributed by atoms with Crippen molar-refractivity contribution in [2.24, 2.45) is 0 Å². The first-order chi connectivity index (χ1) is 7.70. The van der Waals surface area contributed by atoms with Crippen LogP contribution in [0.25, 0.3) is 0 Å². The Balaban J connectivity index is 3.05. The minimum atomic E-state index is -1.00. The number of nitro benzene ring substituents is 1. The molecule has 1 rings (SSSR count). The predicted octanol–water partition coefficient (Wildman–Crippen LogP) is 2.23. The summed E-state index contributed by atoms with van der Waals surface area (Å²) in [6.45, 7) is 4.80. The van der Waals surface area contributed by atoms with E-state index in [2.05, 4.69) is 5.32 Å². The molecule has 0 radical (unpaired) electrons. The van der Waals surface area contributed by atoms with Crippen LogP contribution in [0.4, 0.5) is 15.8 Å². The van der Waals surface area contributed by atoms with E-state index in [-0.39, 0.29) is 17.9 Å². The second kappa shape index (κ2) is 4.67. The average molecular weight is 242 g/mol. The maximum atomic E-state index is 13.2. The molecule has 0 fully saturated rings. The highest BCUT2D eigenvalue weighted by Crippen LogP contribution is 2.27. The molecule has 6 heteroatoms. The monoisotopic (exact) mass is 242 g/mol. The molecule has 1 aromatic rings. The van der Waals surface area contributed by atoms with E-state index < -0.39 is 16.3 Å². The fraction of sp³-hybridized carbons (Fsp3) is 0.455. The van der Waals surface area contributed by atoms with E-state index in [0.717, 1.165) is 6.07 Å². The molecule has 2 N–H and O–H groups in total. The number of halogens is 1. The lowest BCUT2D eigenvalue weighted by Gasteiger charge is -2.18. The molecule has 0 spiro atoms. The van der Waals surface area contributed by atoms with Crippen molar-refractivity contribution >= 4 is 11.4 Å². The summed E-state index contributed by atoms with van der Waals surface area (Å²) in [5.41, 5.74) is -0.821. The minimum absolute atomic E-state index is 0.138. The van der Waals surface area contributed by atoms with Crippen LogP contribution in [0.2, 0.25) is 0 Å². The van der Waals surface area contributed by atoms with Gasteiger partial charge in [-0.15, -0.1) is 0 Å². The maximum Gasteiger partial charge on any atom is 0.295 e. The third kappa shape index (κ3) is 3.67. The molecule has 0 saturated heterocycles. The zero-order chi connectivity index (χ0) is 13.2. The fourth-order valence-corrected chi connectivity index (χ4v) is 1.28. The Labute approximate surface area is 98.4 Å². The highest BCUT2D eigenvalue weighted by Gasteiger charge is 2.19. The average Bonchev–Trinajstić information content (AvgIpc) is 2.17. The van der Waals surface area contributed by atoms with Gasteiger partial charge in [-0.1, -0.05) is 0 Å². The van der Waals surface area contributed by atoms with Gasteiger partial charge in [0.25, 0.3) is 5.69 Å². The largest absolute Gasteiger partial charge is 0.389 e. The van der Waals surface area contributed by atoms with Crippen LogP contribution >= 0.6 is 0 Å². The van der Waals surface area contributed by atoms with Gasteiger partial charge in [0.1, 0.15) is 11.5 Å². The normalized spacial score (nSPS) is 11.4. The third-order valence-corrected chi connectivity index (χ3v) is 2.19. The topological polar surface area (TPSA) is 75.4 Å². The van der Waals surface area contributed by atoms with Gasteiger partial charge in [0.2, 0.25) is 0 Å². The van der Waals surface area contributed by atoms with Crippen LogP contribution in [0.5, 0.6) is 0 Å². The number of hydrogen-bond acceptors (Lipinski definition) is 4.